The van der Waals surface area contributed by atoms with Gasteiger partial charge in [0.1, 0.15) is 11.6 Å². The Bertz CT molecular complexity index is 291. The van der Waals surface area contributed by atoms with Crippen LogP contribution in [0.3, 0.4) is 0 Å². The van der Waals surface area contributed by atoms with Crippen molar-refractivity contribution in [2.24, 2.45) is 0 Å². The average Bonchev–Trinajstić information content (AvgIpc) is 2.27. The molecule has 1 aromatic rings. The highest BCUT2D eigenvalue weighted by Crippen LogP contribution is 2.12. The highest BCUT2D eigenvalue weighted by atomic mass is 32.2. The van der Waals surface area contributed by atoms with E-state index in [1.54, 1.807) is 0 Å². The van der Waals surface area contributed by atoms with Crippen LogP contribution in [0.25, 0.3) is 0 Å². The first-order valence-corrected chi connectivity index (χ1v) is 6.58. The quantitative estimate of drug-likeness (QED) is 0.804. The van der Waals surface area contributed by atoms with Gasteiger partial charge in [-0.3, -0.25) is 0 Å². The van der Waals surface area contributed by atoms with Crippen molar-refractivity contribution in [1.29, 1.82) is 0 Å². The fourth-order valence-electron chi connectivity index (χ4n) is 1.26. The Morgan fingerprint density at radius 2 is 2.27 bits per heavy atom. The fourth-order valence-corrected chi connectivity index (χ4v) is 1.71. The summed E-state index contributed by atoms with van der Waals surface area (Å²) >= 11 is 1.85. The minimum atomic E-state index is 0.908. The fraction of sp³-hybridized carbons (Fsp3) is 0.545. The summed E-state index contributed by atoms with van der Waals surface area (Å²) in [4.78, 5) is 6.70. The highest BCUT2D eigenvalue weighted by Gasteiger charge is 2.02. The van der Waals surface area contributed by atoms with E-state index in [1.165, 1.54) is 0 Å². The van der Waals surface area contributed by atoms with E-state index in [-0.39, 0.29) is 0 Å². The molecule has 1 aromatic heterocycles. The summed E-state index contributed by atoms with van der Waals surface area (Å²) in [7, 11) is 2.08. The average molecular weight is 225 g/mol. The van der Waals surface area contributed by atoms with Crippen LogP contribution in [0.2, 0.25) is 0 Å². The second-order valence-corrected chi connectivity index (χ2v) is 4.31. The lowest BCUT2D eigenvalue weighted by Crippen LogP contribution is -2.21. The second-order valence-electron chi connectivity index (χ2n) is 3.33. The van der Waals surface area contributed by atoms with Crippen LogP contribution in [-0.4, -0.2) is 37.1 Å². The number of pyridine rings is 1. The molecule has 0 unspecified atom stereocenters. The monoisotopic (exact) mass is 225 g/mol. The van der Waals surface area contributed by atoms with Crippen molar-refractivity contribution in [1.82, 2.24) is 4.98 Å². The van der Waals surface area contributed by atoms with E-state index in [1.807, 2.05) is 30.0 Å². The lowest BCUT2D eigenvalue weighted by molar-refractivity contribution is 0.945. The Morgan fingerprint density at radius 1 is 1.47 bits per heavy atom. The van der Waals surface area contributed by atoms with Gasteiger partial charge < -0.3 is 10.2 Å². The molecular weight excluding hydrogens is 206 g/mol. The largest absolute Gasteiger partial charge is 0.370 e. The zero-order valence-corrected chi connectivity index (χ0v) is 10.5. The molecule has 0 aliphatic rings. The summed E-state index contributed by atoms with van der Waals surface area (Å²) < 4.78 is 0. The molecule has 4 heteroatoms. The molecule has 0 atom stereocenters. The Balaban J connectivity index is 2.62. The molecule has 0 aliphatic carbocycles. The molecule has 0 amide bonds. The first-order valence-electron chi connectivity index (χ1n) is 5.19. The van der Waals surface area contributed by atoms with Gasteiger partial charge in [0.2, 0.25) is 0 Å². The van der Waals surface area contributed by atoms with Gasteiger partial charge in [-0.25, -0.2) is 4.98 Å². The summed E-state index contributed by atoms with van der Waals surface area (Å²) in [6, 6.07) is 6.08. The summed E-state index contributed by atoms with van der Waals surface area (Å²) in [5.74, 6) is 3.11. The molecule has 0 spiro atoms. The van der Waals surface area contributed by atoms with Crippen molar-refractivity contribution in [3.63, 3.8) is 0 Å². The van der Waals surface area contributed by atoms with Crippen molar-refractivity contribution in [3.05, 3.63) is 18.2 Å². The van der Waals surface area contributed by atoms with Crippen molar-refractivity contribution < 1.29 is 0 Å². The van der Waals surface area contributed by atoms with Crippen LogP contribution >= 0.6 is 11.8 Å². The molecule has 0 fully saturated rings. The topological polar surface area (TPSA) is 28.2 Å². The number of anilines is 2. The minimum Gasteiger partial charge on any atom is -0.370 e. The Morgan fingerprint density at radius 3 is 2.93 bits per heavy atom. The molecule has 0 aliphatic heterocycles. The van der Waals surface area contributed by atoms with Gasteiger partial charge >= 0.3 is 0 Å². The molecule has 84 valence electrons. The van der Waals surface area contributed by atoms with E-state index in [0.717, 1.165) is 30.5 Å². The number of aromatic nitrogens is 1. The van der Waals surface area contributed by atoms with E-state index in [2.05, 4.69) is 35.4 Å². The molecular formula is C11H19N3S. The third kappa shape index (κ3) is 4.00. The molecule has 0 saturated heterocycles. The lowest BCUT2D eigenvalue weighted by atomic mass is 10.4. The molecule has 1 heterocycles. The Labute approximate surface area is 96.3 Å². The SMILES string of the molecule is CCNc1cccc(N(C)CCSC)n1. The van der Waals surface area contributed by atoms with E-state index in [0.29, 0.717) is 0 Å². The van der Waals surface area contributed by atoms with Gasteiger partial charge in [0.05, 0.1) is 0 Å². The van der Waals surface area contributed by atoms with Gasteiger partial charge in [-0.1, -0.05) is 6.07 Å². The van der Waals surface area contributed by atoms with Crippen LogP contribution in [0.1, 0.15) is 6.92 Å². The summed E-state index contributed by atoms with van der Waals surface area (Å²) in [6.07, 6.45) is 2.12. The molecule has 1 N–H and O–H groups in total. The number of thioether (sulfide) groups is 1. The maximum absolute atomic E-state index is 4.52. The lowest BCUT2D eigenvalue weighted by Gasteiger charge is -2.18. The summed E-state index contributed by atoms with van der Waals surface area (Å²) in [5.41, 5.74) is 0. The van der Waals surface area contributed by atoms with Crippen LogP contribution in [0.15, 0.2) is 18.2 Å². The highest BCUT2D eigenvalue weighted by molar-refractivity contribution is 7.98. The van der Waals surface area contributed by atoms with Gasteiger partial charge in [-0.2, -0.15) is 11.8 Å². The molecule has 3 nitrogen and oxygen atoms in total. The van der Waals surface area contributed by atoms with Crippen LogP contribution in [0, 0.1) is 0 Å². The minimum absolute atomic E-state index is 0.908. The zero-order chi connectivity index (χ0) is 11.1. The molecule has 0 saturated carbocycles. The number of nitrogens with one attached hydrogen (secondary N) is 1. The number of nitrogens with zero attached hydrogens (tertiary/aromatic N) is 2. The normalized spacial score (nSPS) is 10.1. The predicted octanol–water partition coefficient (Wildman–Crippen LogP) is 2.31. The van der Waals surface area contributed by atoms with Crippen LogP contribution in [0.5, 0.6) is 0 Å². The predicted molar refractivity (Wildman–Crippen MR) is 70.1 cm³/mol. The maximum Gasteiger partial charge on any atom is 0.130 e. The molecule has 15 heavy (non-hydrogen) atoms. The first kappa shape index (κ1) is 12.2. The van der Waals surface area contributed by atoms with E-state index in [9.17, 15) is 0 Å². The molecule has 0 bridgehead atoms. The third-order valence-electron chi connectivity index (χ3n) is 2.11. The second kappa shape index (κ2) is 6.56. The van der Waals surface area contributed by atoms with Crippen LogP contribution < -0.4 is 10.2 Å². The number of rotatable bonds is 6. The van der Waals surface area contributed by atoms with Crippen molar-refractivity contribution in [3.8, 4) is 0 Å². The molecule has 0 aromatic carbocycles. The first-order chi connectivity index (χ1) is 7.27. The zero-order valence-electron chi connectivity index (χ0n) is 9.66. The number of hydrogen-bond acceptors (Lipinski definition) is 4. The van der Waals surface area contributed by atoms with Crippen molar-refractivity contribution in [2.75, 3.05) is 42.4 Å². The van der Waals surface area contributed by atoms with Crippen molar-refractivity contribution in [2.45, 2.75) is 6.92 Å². The maximum atomic E-state index is 4.52. The standard InChI is InChI=1S/C11H19N3S/c1-4-12-10-6-5-7-11(13-10)14(2)8-9-15-3/h5-7H,4,8-9H2,1-3H3,(H,12,13). The Kier molecular flexibility index (Phi) is 5.32. The van der Waals surface area contributed by atoms with Crippen LogP contribution in [-0.2, 0) is 0 Å². The summed E-state index contributed by atoms with van der Waals surface area (Å²) in [6.45, 7) is 4.01. The third-order valence-corrected chi connectivity index (χ3v) is 2.71. The smallest absolute Gasteiger partial charge is 0.130 e. The van der Waals surface area contributed by atoms with Gasteiger partial charge in [-0.15, -0.1) is 0 Å². The van der Waals surface area contributed by atoms with Gasteiger partial charge in [0, 0.05) is 25.9 Å². The molecule has 1 rings (SSSR count). The van der Waals surface area contributed by atoms with E-state index in [4.69, 9.17) is 0 Å². The molecule has 0 radical (unpaired) electrons. The Hall–Kier alpha value is -0.900. The van der Waals surface area contributed by atoms with Gasteiger partial charge in [-0.05, 0) is 25.3 Å². The van der Waals surface area contributed by atoms with E-state index < -0.39 is 0 Å². The van der Waals surface area contributed by atoms with Crippen LogP contribution in [0.4, 0.5) is 11.6 Å². The van der Waals surface area contributed by atoms with Gasteiger partial charge in [0.25, 0.3) is 0 Å². The number of hydrogen-bond donors (Lipinski definition) is 1. The summed E-state index contributed by atoms with van der Waals surface area (Å²) in [5, 5.41) is 3.22. The van der Waals surface area contributed by atoms with Gasteiger partial charge in [0.15, 0.2) is 0 Å². The van der Waals surface area contributed by atoms with Crippen molar-refractivity contribution >= 4 is 23.4 Å². The van der Waals surface area contributed by atoms with E-state index >= 15 is 0 Å².